The monoisotopic (exact) mass is 591 g/mol. The number of rotatable bonds is 6. The molecule has 41 heavy (non-hydrogen) atoms. The van der Waals surface area contributed by atoms with E-state index in [1.54, 1.807) is 0 Å². The first-order valence-electron chi connectivity index (χ1n) is 14.7. The summed E-state index contributed by atoms with van der Waals surface area (Å²) in [5.74, 6) is -0.547. The van der Waals surface area contributed by atoms with Gasteiger partial charge in [-0.2, -0.15) is 5.26 Å². The van der Waals surface area contributed by atoms with Crippen LogP contribution in [-0.4, -0.2) is 36.4 Å². The van der Waals surface area contributed by atoms with E-state index >= 15 is 0 Å². The van der Waals surface area contributed by atoms with Crippen molar-refractivity contribution in [2.45, 2.75) is 85.0 Å². The smallest absolute Gasteiger partial charge is 0.250 e. The van der Waals surface area contributed by atoms with Crippen LogP contribution >= 0.6 is 11.6 Å². The van der Waals surface area contributed by atoms with Gasteiger partial charge in [-0.1, -0.05) is 63.8 Å². The molecule has 4 nitrogen and oxygen atoms in total. The van der Waals surface area contributed by atoms with E-state index in [0.29, 0.717) is 18.8 Å². The molecule has 8 heteroatoms. The molecule has 4 rings (SSSR count). The van der Waals surface area contributed by atoms with Gasteiger partial charge in [-0.3, -0.25) is 4.79 Å². The van der Waals surface area contributed by atoms with Crippen LogP contribution in [0.1, 0.15) is 83.8 Å². The summed E-state index contributed by atoms with van der Waals surface area (Å²) >= 11 is 5.47. The lowest BCUT2D eigenvalue weighted by Gasteiger charge is -2.31. The Bertz CT molecular complexity index is 1120. The van der Waals surface area contributed by atoms with Crippen molar-refractivity contribution >= 4 is 23.2 Å². The SMILES string of the molecule is CC(=O)Nc1ccc(F)c(Cl)c1.CC(C)C1CCCC(Cc2cccc(C#N)c2)C1.CCCN1CCC(F)(F)CC1. The number of nitrogens with one attached hydrogen (secondary N) is 1. The molecule has 1 amide bonds. The molecule has 2 unspecified atom stereocenters. The zero-order valence-corrected chi connectivity index (χ0v) is 25.6. The molecular weight excluding hydrogens is 547 g/mol. The maximum Gasteiger partial charge on any atom is 0.250 e. The second-order valence-corrected chi connectivity index (χ2v) is 12.0. The molecule has 226 valence electrons. The molecule has 0 aromatic heterocycles. The van der Waals surface area contributed by atoms with Crippen molar-refractivity contribution in [1.82, 2.24) is 4.90 Å². The van der Waals surface area contributed by atoms with E-state index in [-0.39, 0.29) is 23.8 Å². The first kappa shape index (κ1) is 34.6. The fourth-order valence-corrected chi connectivity index (χ4v) is 5.60. The van der Waals surface area contributed by atoms with Crippen molar-refractivity contribution in [3.63, 3.8) is 0 Å². The molecule has 1 aliphatic carbocycles. The van der Waals surface area contributed by atoms with Gasteiger partial charge >= 0.3 is 0 Å². The molecule has 2 aliphatic rings. The van der Waals surface area contributed by atoms with E-state index in [0.717, 1.165) is 42.7 Å². The second-order valence-electron chi connectivity index (χ2n) is 11.6. The number of nitriles is 1. The molecule has 2 fully saturated rings. The van der Waals surface area contributed by atoms with E-state index in [1.807, 2.05) is 12.1 Å². The number of carbonyl (C=O) groups is 1. The number of nitrogens with zero attached hydrogens (tertiary/aromatic N) is 2. The summed E-state index contributed by atoms with van der Waals surface area (Å²) < 4.78 is 37.8. The van der Waals surface area contributed by atoms with Gasteiger partial charge in [0.15, 0.2) is 0 Å². The van der Waals surface area contributed by atoms with Gasteiger partial charge in [0.1, 0.15) is 5.82 Å². The number of carbonyl (C=O) groups excluding carboxylic acids is 1. The van der Waals surface area contributed by atoms with E-state index < -0.39 is 11.7 Å². The molecular formula is C33H45ClF3N3O. The number of hydrogen-bond acceptors (Lipinski definition) is 3. The van der Waals surface area contributed by atoms with Crippen molar-refractivity contribution in [3.05, 3.63) is 64.4 Å². The van der Waals surface area contributed by atoms with Crippen LogP contribution in [-0.2, 0) is 11.2 Å². The van der Waals surface area contributed by atoms with E-state index in [2.05, 4.69) is 49.2 Å². The quantitative estimate of drug-likeness (QED) is 0.364. The third-order valence-electron chi connectivity index (χ3n) is 7.71. The first-order chi connectivity index (χ1) is 19.4. The van der Waals surface area contributed by atoms with Gasteiger partial charge in [-0.15, -0.1) is 0 Å². The van der Waals surface area contributed by atoms with Gasteiger partial charge in [0, 0.05) is 38.5 Å². The third kappa shape index (κ3) is 13.3. The maximum atomic E-state index is 12.6. The van der Waals surface area contributed by atoms with Crippen molar-refractivity contribution in [2.75, 3.05) is 25.0 Å². The Kier molecular flexibility index (Phi) is 14.7. The number of hydrogen-bond donors (Lipinski definition) is 1. The standard InChI is InChI=1S/C17H23N.C8H7ClFNO.C8H15F2N/c1-13(2)17-8-4-6-15(11-17)9-14-5-3-7-16(10-14)12-18;1-5(12)11-6-2-3-8(10)7(9)4-6;1-2-5-11-6-3-8(9,10)4-7-11/h3,5,7,10,13,15,17H,4,6,8-9,11H2,1-2H3;2-4H,1H3,(H,11,12);2-7H2,1H3. The molecule has 2 aromatic carbocycles. The Morgan fingerprint density at radius 3 is 2.46 bits per heavy atom. The van der Waals surface area contributed by atoms with Gasteiger partial charge in [-0.05, 0) is 79.5 Å². The van der Waals surface area contributed by atoms with E-state index in [1.165, 1.54) is 56.4 Å². The van der Waals surface area contributed by atoms with Crippen LogP contribution in [0, 0.1) is 34.9 Å². The average Bonchev–Trinajstić information content (AvgIpc) is 2.93. The van der Waals surface area contributed by atoms with Crippen molar-refractivity contribution in [3.8, 4) is 6.07 Å². The Hall–Kier alpha value is -2.56. The average molecular weight is 592 g/mol. The first-order valence-corrected chi connectivity index (χ1v) is 15.1. The number of halogens is 4. The lowest BCUT2D eigenvalue weighted by Crippen LogP contribution is -2.39. The molecule has 2 atom stereocenters. The highest BCUT2D eigenvalue weighted by Gasteiger charge is 2.33. The van der Waals surface area contributed by atoms with Crippen molar-refractivity contribution in [1.29, 1.82) is 5.26 Å². The van der Waals surface area contributed by atoms with Crippen LogP contribution in [0.3, 0.4) is 0 Å². The predicted octanol–water partition coefficient (Wildman–Crippen LogP) is 9.13. The third-order valence-corrected chi connectivity index (χ3v) is 8.00. The number of likely N-dealkylation sites (tertiary alicyclic amines) is 1. The second kappa shape index (κ2) is 17.4. The predicted molar refractivity (Wildman–Crippen MR) is 162 cm³/mol. The number of anilines is 1. The molecule has 2 aromatic rings. The zero-order chi connectivity index (χ0) is 30.4. The Labute approximate surface area is 249 Å². The summed E-state index contributed by atoms with van der Waals surface area (Å²) in [5.41, 5.74) is 2.63. The van der Waals surface area contributed by atoms with Crippen LogP contribution in [0.15, 0.2) is 42.5 Å². The van der Waals surface area contributed by atoms with Crippen LogP contribution in [0.5, 0.6) is 0 Å². The molecule has 0 radical (unpaired) electrons. The molecule has 0 bridgehead atoms. The van der Waals surface area contributed by atoms with Crippen LogP contribution < -0.4 is 5.32 Å². The summed E-state index contributed by atoms with van der Waals surface area (Å²) in [5, 5.41) is 11.4. The largest absolute Gasteiger partial charge is 0.326 e. The summed E-state index contributed by atoms with van der Waals surface area (Å²) in [6.45, 7) is 10.3. The fraction of sp³-hybridized carbons (Fsp3) is 0.576. The zero-order valence-electron chi connectivity index (χ0n) is 24.9. The minimum absolute atomic E-state index is 0.00116. The Morgan fingerprint density at radius 2 is 1.88 bits per heavy atom. The molecule has 0 spiro atoms. The Morgan fingerprint density at radius 1 is 1.17 bits per heavy atom. The van der Waals surface area contributed by atoms with Crippen molar-refractivity contribution in [2.24, 2.45) is 17.8 Å². The van der Waals surface area contributed by atoms with Crippen LogP contribution in [0.25, 0.3) is 0 Å². The highest BCUT2D eigenvalue weighted by molar-refractivity contribution is 6.31. The number of alkyl halides is 2. The molecule has 1 saturated carbocycles. The topological polar surface area (TPSA) is 56.1 Å². The van der Waals surface area contributed by atoms with Gasteiger partial charge in [-0.25, -0.2) is 13.2 Å². The van der Waals surface area contributed by atoms with Crippen LogP contribution in [0.4, 0.5) is 18.9 Å². The van der Waals surface area contributed by atoms with Gasteiger partial charge < -0.3 is 10.2 Å². The summed E-state index contributed by atoms with van der Waals surface area (Å²) in [4.78, 5) is 12.7. The summed E-state index contributed by atoms with van der Waals surface area (Å²) in [6.07, 6.45) is 7.83. The lowest BCUT2D eigenvalue weighted by molar-refractivity contribution is -0.114. The number of amides is 1. The normalized spacial score (nSPS) is 20.1. The molecule has 1 saturated heterocycles. The minimum Gasteiger partial charge on any atom is -0.326 e. The number of benzene rings is 2. The highest BCUT2D eigenvalue weighted by Crippen LogP contribution is 2.35. The molecule has 1 aliphatic heterocycles. The van der Waals surface area contributed by atoms with E-state index in [4.69, 9.17) is 16.9 Å². The van der Waals surface area contributed by atoms with Gasteiger partial charge in [0.25, 0.3) is 5.92 Å². The molecule has 1 heterocycles. The van der Waals surface area contributed by atoms with E-state index in [9.17, 15) is 18.0 Å². The maximum absolute atomic E-state index is 12.6. The van der Waals surface area contributed by atoms with Gasteiger partial charge in [0.05, 0.1) is 16.7 Å². The van der Waals surface area contributed by atoms with Gasteiger partial charge in [0.2, 0.25) is 5.91 Å². The highest BCUT2D eigenvalue weighted by atomic mass is 35.5. The fourth-order valence-electron chi connectivity index (χ4n) is 5.42. The molecule has 1 N–H and O–H groups in total. The Balaban J connectivity index is 0.000000225. The van der Waals surface area contributed by atoms with Crippen molar-refractivity contribution < 1.29 is 18.0 Å². The minimum atomic E-state index is -2.38. The summed E-state index contributed by atoms with van der Waals surface area (Å²) in [6, 6.07) is 14.4. The lowest BCUT2D eigenvalue weighted by atomic mass is 9.74. The summed E-state index contributed by atoms with van der Waals surface area (Å²) in [7, 11) is 0. The van der Waals surface area contributed by atoms with Crippen LogP contribution in [0.2, 0.25) is 5.02 Å². The number of piperidine rings is 1.